The number of benzene rings is 1. The number of hydrogen-bond acceptors (Lipinski definition) is 6. The maximum atomic E-state index is 13.0. The Balaban J connectivity index is 1.41. The molecule has 1 aromatic carbocycles. The summed E-state index contributed by atoms with van der Waals surface area (Å²) in [6.45, 7) is 1.33. The first kappa shape index (κ1) is 18.0. The molecule has 0 aliphatic carbocycles. The Morgan fingerprint density at radius 3 is 2.68 bits per heavy atom. The number of aromatic nitrogens is 4. The topological polar surface area (TPSA) is 96.0 Å². The van der Waals surface area contributed by atoms with Crippen molar-refractivity contribution in [2.45, 2.75) is 18.9 Å². The number of amides is 1. The van der Waals surface area contributed by atoms with Crippen molar-refractivity contribution in [1.29, 1.82) is 0 Å². The molecule has 8 heteroatoms. The predicted molar refractivity (Wildman–Crippen MR) is 105 cm³/mol. The molecule has 0 bridgehead atoms. The van der Waals surface area contributed by atoms with Crippen molar-refractivity contribution in [2.24, 2.45) is 0 Å². The molecule has 1 amide bonds. The quantitative estimate of drug-likeness (QED) is 0.708. The average molecular weight is 378 g/mol. The van der Waals surface area contributed by atoms with Crippen LogP contribution in [-0.2, 0) is 0 Å². The molecule has 0 spiro atoms. The van der Waals surface area contributed by atoms with Crippen molar-refractivity contribution in [3.63, 3.8) is 0 Å². The Hall–Kier alpha value is -3.42. The van der Waals surface area contributed by atoms with Crippen LogP contribution in [0.25, 0.3) is 11.3 Å². The molecule has 28 heavy (non-hydrogen) atoms. The van der Waals surface area contributed by atoms with Gasteiger partial charge in [-0.2, -0.15) is 5.10 Å². The van der Waals surface area contributed by atoms with Gasteiger partial charge in [-0.25, -0.2) is 9.97 Å². The van der Waals surface area contributed by atoms with E-state index >= 15 is 0 Å². The van der Waals surface area contributed by atoms with E-state index in [1.165, 1.54) is 0 Å². The maximum Gasteiger partial charge on any atom is 0.257 e. The molecule has 144 valence electrons. The van der Waals surface area contributed by atoms with Gasteiger partial charge in [0, 0.05) is 37.1 Å². The monoisotopic (exact) mass is 378 g/mol. The number of methoxy groups -OCH3 is 1. The van der Waals surface area contributed by atoms with Gasteiger partial charge in [0.1, 0.15) is 0 Å². The molecule has 1 saturated heterocycles. The summed E-state index contributed by atoms with van der Waals surface area (Å²) in [7, 11) is 1.58. The number of carbonyl (C=O) groups excluding carboxylic acids is 1. The van der Waals surface area contributed by atoms with Crippen molar-refractivity contribution in [3.8, 4) is 17.1 Å². The summed E-state index contributed by atoms with van der Waals surface area (Å²) in [5.74, 6) is 1.12. The van der Waals surface area contributed by atoms with E-state index in [1.807, 2.05) is 35.2 Å². The van der Waals surface area contributed by atoms with E-state index in [4.69, 9.17) is 4.74 Å². The number of aromatic amines is 1. The number of hydrogen-bond donors (Lipinski definition) is 2. The second-order valence-corrected chi connectivity index (χ2v) is 6.65. The second kappa shape index (κ2) is 8.08. The predicted octanol–water partition coefficient (Wildman–Crippen LogP) is 2.59. The van der Waals surface area contributed by atoms with E-state index in [-0.39, 0.29) is 11.9 Å². The van der Waals surface area contributed by atoms with E-state index in [1.54, 1.807) is 25.7 Å². The SMILES string of the molecule is COc1nccnc1NC1CCN(C(=O)c2cn[nH]c2-c2ccccc2)CC1. The van der Waals surface area contributed by atoms with Gasteiger partial charge in [0.2, 0.25) is 0 Å². The highest BCUT2D eigenvalue weighted by Gasteiger charge is 2.27. The van der Waals surface area contributed by atoms with Crippen LogP contribution >= 0.6 is 0 Å². The van der Waals surface area contributed by atoms with Crippen molar-refractivity contribution in [2.75, 3.05) is 25.5 Å². The fourth-order valence-corrected chi connectivity index (χ4v) is 3.44. The first-order chi connectivity index (χ1) is 13.8. The van der Waals surface area contributed by atoms with Gasteiger partial charge in [0.15, 0.2) is 5.82 Å². The van der Waals surface area contributed by atoms with Crippen LogP contribution in [-0.4, -0.2) is 57.2 Å². The molecule has 1 fully saturated rings. The fraction of sp³-hybridized carbons (Fsp3) is 0.300. The van der Waals surface area contributed by atoms with E-state index in [9.17, 15) is 4.79 Å². The number of piperidine rings is 1. The summed E-state index contributed by atoms with van der Waals surface area (Å²) in [4.78, 5) is 23.3. The normalized spacial score (nSPS) is 14.7. The summed E-state index contributed by atoms with van der Waals surface area (Å²) >= 11 is 0. The summed E-state index contributed by atoms with van der Waals surface area (Å²) in [6, 6.07) is 9.99. The molecule has 2 aromatic heterocycles. The lowest BCUT2D eigenvalue weighted by molar-refractivity contribution is 0.0719. The third-order valence-electron chi connectivity index (χ3n) is 4.91. The molecule has 1 aliphatic heterocycles. The molecule has 0 atom stereocenters. The molecule has 1 aliphatic rings. The summed E-state index contributed by atoms with van der Waals surface area (Å²) in [5, 5.41) is 10.4. The molecule has 0 saturated carbocycles. The lowest BCUT2D eigenvalue weighted by Crippen LogP contribution is -2.42. The molecule has 4 rings (SSSR count). The van der Waals surface area contributed by atoms with Crippen LogP contribution in [0, 0.1) is 0 Å². The average Bonchev–Trinajstić information content (AvgIpc) is 3.25. The Bertz CT molecular complexity index is 935. The Morgan fingerprint density at radius 1 is 1.18 bits per heavy atom. The number of rotatable bonds is 5. The molecular formula is C20H22N6O2. The zero-order valence-corrected chi connectivity index (χ0v) is 15.6. The second-order valence-electron chi connectivity index (χ2n) is 6.65. The Kier molecular flexibility index (Phi) is 5.18. The third-order valence-corrected chi connectivity index (χ3v) is 4.91. The minimum atomic E-state index is 0.00290. The fourth-order valence-electron chi connectivity index (χ4n) is 3.44. The first-order valence-electron chi connectivity index (χ1n) is 9.26. The molecular weight excluding hydrogens is 356 g/mol. The van der Waals surface area contributed by atoms with Gasteiger partial charge in [-0.05, 0) is 12.8 Å². The third kappa shape index (κ3) is 3.66. The number of nitrogens with one attached hydrogen (secondary N) is 2. The van der Waals surface area contributed by atoms with Crippen LogP contribution in [0.1, 0.15) is 23.2 Å². The Labute approximate surface area is 163 Å². The lowest BCUT2D eigenvalue weighted by Gasteiger charge is -2.32. The van der Waals surface area contributed by atoms with Crippen molar-refractivity contribution in [3.05, 3.63) is 54.5 Å². The van der Waals surface area contributed by atoms with Crippen LogP contribution in [0.3, 0.4) is 0 Å². The highest BCUT2D eigenvalue weighted by molar-refractivity contribution is 5.99. The van der Waals surface area contributed by atoms with Crippen LogP contribution in [0.15, 0.2) is 48.9 Å². The van der Waals surface area contributed by atoms with Crippen molar-refractivity contribution < 1.29 is 9.53 Å². The smallest absolute Gasteiger partial charge is 0.257 e. The number of carbonyl (C=O) groups is 1. The zero-order valence-electron chi connectivity index (χ0n) is 15.6. The highest BCUT2D eigenvalue weighted by Crippen LogP contribution is 2.25. The van der Waals surface area contributed by atoms with Gasteiger partial charge < -0.3 is 15.0 Å². The molecule has 8 nitrogen and oxygen atoms in total. The number of likely N-dealkylation sites (tertiary alicyclic amines) is 1. The van der Waals surface area contributed by atoms with E-state index < -0.39 is 0 Å². The minimum Gasteiger partial charge on any atom is -0.478 e. The first-order valence-corrected chi connectivity index (χ1v) is 9.26. The molecule has 0 radical (unpaired) electrons. The number of anilines is 1. The minimum absolute atomic E-state index is 0.00290. The van der Waals surface area contributed by atoms with Gasteiger partial charge in [-0.1, -0.05) is 30.3 Å². The van der Waals surface area contributed by atoms with Gasteiger partial charge >= 0.3 is 0 Å². The molecule has 3 aromatic rings. The summed E-state index contributed by atoms with van der Waals surface area (Å²) in [5.41, 5.74) is 2.32. The van der Waals surface area contributed by atoms with Crippen molar-refractivity contribution >= 4 is 11.7 Å². The van der Waals surface area contributed by atoms with Crippen LogP contribution in [0.2, 0.25) is 0 Å². The highest BCUT2D eigenvalue weighted by atomic mass is 16.5. The van der Waals surface area contributed by atoms with Crippen LogP contribution in [0.4, 0.5) is 5.82 Å². The molecule has 3 heterocycles. The van der Waals surface area contributed by atoms with Gasteiger partial charge in [-0.15, -0.1) is 0 Å². The van der Waals surface area contributed by atoms with Crippen LogP contribution < -0.4 is 10.1 Å². The Morgan fingerprint density at radius 2 is 1.93 bits per heavy atom. The van der Waals surface area contributed by atoms with E-state index in [0.29, 0.717) is 30.4 Å². The maximum absolute atomic E-state index is 13.0. The largest absolute Gasteiger partial charge is 0.478 e. The van der Waals surface area contributed by atoms with Gasteiger partial charge in [0.25, 0.3) is 11.8 Å². The standard InChI is InChI=1S/C20H22N6O2/c1-28-19-18(21-9-10-22-19)24-15-7-11-26(12-8-15)20(27)16-13-23-25-17(16)14-5-3-2-4-6-14/h2-6,9-10,13,15H,7-8,11-12H2,1H3,(H,21,24)(H,23,25). The van der Waals surface area contributed by atoms with Gasteiger partial charge in [-0.3, -0.25) is 9.89 Å². The van der Waals surface area contributed by atoms with Crippen molar-refractivity contribution in [1.82, 2.24) is 25.1 Å². The van der Waals surface area contributed by atoms with Gasteiger partial charge in [0.05, 0.1) is 24.6 Å². The number of H-pyrrole nitrogens is 1. The van der Waals surface area contributed by atoms with Crippen LogP contribution in [0.5, 0.6) is 5.88 Å². The summed E-state index contributed by atoms with van der Waals surface area (Å²) < 4.78 is 5.24. The molecule has 2 N–H and O–H groups in total. The van der Waals surface area contributed by atoms with E-state index in [2.05, 4.69) is 25.5 Å². The lowest BCUT2D eigenvalue weighted by atomic mass is 10.0. The molecule has 0 unspecified atom stereocenters. The number of ether oxygens (including phenoxy) is 1. The summed E-state index contributed by atoms with van der Waals surface area (Å²) in [6.07, 6.45) is 6.49. The zero-order chi connectivity index (χ0) is 19.3. The number of nitrogens with zero attached hydrogens (tertiary/aromatic N) is 4. The van der Waals surface area contributed by atoms with E-state index in [0.717, 1.165) is 24.1 Å².